The van der Waals surface area contributed by atoms with Crippen LogP contribution in [0.15, 0.2) is 54.6 Å². The molecular weight excluding hydrogens is 336 g/mol. The highest BCUT2D eigenvalue weighted by atomic mass is 16.6. The van der Waals surface area contributed by atoms with E-state index in [0.29, 0.717) is 5.92 Å². The molecule has 1 N–H and O–H groups in total. The maximum absolute atomic E-state index is 12.5. The lowest BCUT2D eigenvalue weighted by atomic mass is 9.86. The van der Waals surface area contributed by atoms with Crippen LogP contribution in [0.4, 0.5) is 4.79 Å². The maximum Gasteiger partial charge on any atom is 0.408 e. The van der Waals surface area contributed by atoms with Crippen LogP contribution in [0.5, 0.6) is 0 Å². The van der Waals surface area contributed by atoms with Gasteiger partial charge in [0.2, 0.25) is 0 Å². The van der Waals surface area contributed by atoms with Gasteiger partial charge in [-0.2, -0.15) is 0 Å². The van der Waals surface area contributed by atoms with E-state index in [2.05, 4.69) is 46.6 Å². The number of carbonyl (C=O) groups is 1. The van der Waals surface area contributed by atoms with Crippen LogP contribution in [0.1, 0.15) is 32.3 Å². The molecule has 3 saturated heterocycles. The SMILES string of the molecule is CC(C)(NC(=O)O[C@@H]1CN2CCC1CC2)c1ccc(-c2ccccc2)cc1. The number of hydrogen-bond acceptors (Lipinski definition) is 3. The quantitative estimate of drug-likeness (QED) is 0.874. The fourth-order valence-electron chi connectivity index (χ4n) is 4.25. The molecule has 0 saturated carbocycles. The molecule has 1 amide bonds. The second-order valence-corrected chi connectivity index (χ2v) is 8.28. The van der Waals surface area contributed by atoms with Gasteiger partial charge in [0.25, 0.3) is 0 Å². The number of ether oxygens (including phenoxy) is 1. The third kappa shape index (κ3) is 4.01. The molecule has 0 aromatic heterocycles. The van der Waals surface area contributed by atoms with E-state index < -0.39 is 5.54 Å². The molecule has 3 aliphatic heterocycles. The molecule has 2 aromatic carbocycles. The molecule has 0 radical (unpaired) electrons. The van der Waals surface area contributed by atoms with Crippen LogP contribution in [0.2, 0.25) is 0 Å². The van der Waals surface area contributed by atoms with Gasteiger partial charge in [-0.25, -0.2) is 4.79 Å². The predicted molar refractivity (Wildman–Crippen MR) is 107 cm³/mol. The van der Waals surface area contributed by atoms with Crippen LogP contribution in [-0.4, -0.2) is 36.7 Å². The van der Waals surface area contributed by atoms with Crippen molar-refractivity contribution < 1.29 is 9.53 Å². The second-order valence-electron chi connectivity index (χ2n) is 8.28. The molecule has 142 valence electrons. The lowest BCUT2D eigenvalue weighted by molar-refractivity contribution is -0.0349. The van der Waals surface area contributed by atoms with Crippen LogP contribution in [0.3, 0.4) is 0 Å². The summed E-state index contributed by atoms with van der Waals surface area (Å²) in [6.07, 6.45) is 2.00. The molecule has 0 spiro atoms. The standard InChI is InChI=1S/C23H28N2O2/c1-23(2,20-10-8-18(9-11-20)17-6-4-3-5-7-17)24-22(26)27-21-16-25-14-12-19(21)13-15-25/h3-11,19,21H,12-16H2,1-2H3,(H,24,26)/t21-/m1/s1. The number of nitrogens with zero attached hydrogens (tertiary/aromatic N) is 1. The average Bonchev–Trinajstić information content (AvgIpc) is 2.69. The highest BCUT2D eigenvalue weighted by Gasteiger charge is 2.37. The van der Waals surface area contributed by atoms with Crippen molar-refractivity contribution in [3.8, 4) is 11.1 Å². The van der Waals surface area contributed by atoms with E-state index in [0.717, 1.165) is 38.0 Å². The van der Waals surface area contributed by atoms with Crippen LogP contribution in [0.25, 0.3) is 11.1 Å². The molecule has 2 bridgehead atoms. The van der Waals surface area contributed by atoms with Crippen molar-refractivity contribution in [2.75, 3.05) is 19.6 Å². The van der Waals surface area contributed by atoms with Crippen molar-refractivity contribution in [3.05, 3.63) is 60.2 Å². The van der Waals surface area contributed by atoms with Crippen molar-refractivity contribution in [2.45, 2.75) is 38.3 Å². The van der Waals surface area contributed by atoms with Crippen LogP contribution in [0, 0.1) is 5.92 Å². The molecule has 3 fully saturated rings. The Balaban J connectivity index is 1.39. The zero-order chi connectivity index (χ0) is 18.9. The minimum absolute atomic E-state index is 0.0313. The van der Waals surface area contributed by atoms with Gasteiger partial charge in [0.1, 0.15) is 6.10 Å². The Morgan fingerprint density at radius 2 is 1.63 bits per heavy atom. The molecule has 1 atom stereocenters. The summed E-state index contributed by atoms with van der Waals surface area (Å²) in [7, 11) is 0. The summed E-state index contributed by atoms with van der Waals surface area (Å²) < 4.78 is 5.78. The number of rotatable bonds is 4. The highest BCUT2D eigenvalue weighted by Crippen LogP contribution is 2.30. The third-order valence-electron chi connectivity index (χ3n) is 5.98. The van der Waals surface area contributed by atoms with Gasteiger partial charge in [0, 0.05) is 6.54 Å². The van der Waals surface area contributed by atoms with E-state index in [9.17, 15) is 4.79 Å². The van der Waals surface area contributed by atoms with Crippen molar-refractivity contribution in [3.63, 3.8) is 0 Å². The number of hydrogen-bond donors (Lipinski definition) is 1. The molecule has 4 heteroatoms. The number of alkyl carbamates (subject to hydrolysis) is 1. The number of nitrogens with one attached hydrogen (secondary N) is 1. The zero-order valence-electron chi connectivity index (χ0n) is 16.2. The maximum atomic E-state index is 12.5. The summed E-state index contributed by atoms with van der Waals surface area (Å²) in [5.41, 5.74) is 2.94. The Labute approximate surface area is 161 Å². The fourth-order valence-corrected chi connectivity index (χ4v) is 4.25. The van der Waals surface area contributed by atoms with Crippen LogP contribution in [-0.2, 0) is 10.3 Å². The highest BCUT2D eigenvalue weighted by molar-refractivity contribution is 5.69. The number of piperidine rings is 3. The Morgan fingerprint density at radius 3 is 2.22 bits per heavy atom. The topological polar surface area (TPSA) is 41.6 Å². The monoisotopic (exact) mass is 364 g/mol. The van der Waals surface area contributed by atoms with E-state index in [1.807, 2.05) is 32.0 Å². The minimum atomic E-state index is -0.486. The Morgan fingerprint density at radius 1 is 1.00 bits per heavy atom. The van der Waals surface area contributed by atoms with Crippen molar-refractivity contribution in [1.29, 1.82) is 0 Å². The predicted octanol–water partition coefficient (Wildman–Crippen LogP) is 4.41. The number of benzene rings is 2. The Bertz CT molecular complexity index is 778. The Hall–Kier alpha value is -2.33. The molecule has 0 aliphatic carbocycles. The lowest BCUT2D eigenvalue weighted by Crippen LogP contribution is -2.53. The Kier molecular flexibility index (Phi) is 4.92. The van der Waals surface area contributed by atoms with Gasteiger partial charge in [-0.05, 0) is 62.4 Å². The number of amides is 1. The number of carbonyl (C=O) groups excluding carboxylic acids is 1. The summed E-state index contributed by atoms with van der Waals surface area (Å²) >= 11 is 0. The molecule has 3 aliphatic rings. The molecular formula is C23H28N2O2. The van der Waals surface area contributed by atoms with Crippen LogP contribution >= 0.6 is 0 Å². The largest absolute Gasteiger partial charge is 0.445 e. The fraction of sp³-hybridized carbons (Fsp3) is 0.435. The lowest BCUT2D eigenvalue weighted by Gasteiger charge is -2.44. The van der Waals surface area contributed by atoms with Crippen molar-refractivity contribution >= 4 is 6.09 Å². The summed E-state index contributed by atoms with van der Waals surface area (Å²) in [4.78, 5) is 14.9. The average molecular weight is 364 g/mol. The molecule has 2 aromatic rings. The van der Waals surface area contributed by atoms with Crippen LogP contribution < -0.4 is 5.32 Å². The first kappa shape index (κ1) is 18.1. The van der Waals surface area contributed by atoms with Gasteiger partial charge in [0.15, 0.2) is 0 Å². The zero-order valence-corrected chi connectivity index (χ0v) is 16.2. The van der Waals surface area contributed by atoms with Gasteiger partial charge in [-0.15, -0.1) is 0 Å². The van der Waals surface area contributed by atoms with Gasteiger partial charge in [-0.3, -0.25) is 4.90 Å². The molecule has 0 unspecified atom stereocenters. The smallest absolute Gasteiger partial charge is 0.408 e. The first-order valence-corrected chi connectivity index (χ1v) is 9.88. The van der Waals surface area contributed by atoms with E-state index >= 15 is 0 Å². The normalized spacial score (nSPS) is 24.4. The minimum Gasteiger partial charge on any atom is -0.445 e. The molecule has 4 nitrogen and oxygen atoms in total. The number of fused-ring (bicyclic) bond motifs is 3. The molecule has 5 rings (SSSR count). The summed E-state index contributed by atoms with van der Waals surface area (Å²) in [6, 6.07) is 18.7. The van der Waals surface area contributed by atoms with E-state index in [4.69, 9.17) is 4.74 Å². The summed E-state index contributed by atoms with van der Waals surface area (Å²) in [6.45, 7) is 7.20. The van der Waals surface area contributed by atoms with Crippen molar-refractivity contribution in [2.24, 2.45) is 5.92 Å². The van der Waals surface area contributed by atoms with E-state index in [1.165, 1.54) is 11.1 Å². The van der Waals surface area contributed by atoms with Gasteiger partial charge in [-0.1, -0.05) is 54.6 Å². The third-order valence-corrected chi connectivity index (χ3v) is 5.98. The first-order chi connectivity index (χ1) is 13.0. The van der Waals surface area contributed by atoms with Gasteiger partial charge in [0.05, 0.1) is 5.54 Å². The van der Waals surface area contributed by atoms with E-state index in [-0.39, 0.29) is 12.2 Å². The van der Waals surface area contributed by atoms with E-state index in [1.54, 1.807) is 0 Å². The van der Waals surface area contributed by atoms with Crippen molar-refractivity contribution in [1.82, 2.24) is 10.2 Å². The molecule has 27 heavy (non-hydrogen) atoms. The summed E-state index contributed by atoms with van der Waals surface area (Å²) in [5, 5.41) is 3.06. The van der Waals surface area contributed by atoms with Gasteiger partial charge >= 0.3 is 6.09 Å². The summed E-state index contributed by atoms with van der Waals surface area (Å²) in [5.74, 6) is 0.522. The first-order valence-electron chi connectivity index (χ1n) is 9.88. The second kappa shape index (κ2) is 7.35. The molecule has 3 heterocycles. The van der Waals surface area contributed by atoms with Gasteiger partial charge < -0.3 is 10.1 Å².